The maximum atomic E-state index is 13.1. The number of amides is 1. The second-order valence-corrected chi connectivity index (χ2v) is 5.49. The summed E-state index contributed by atoms with van der Waals surface area (Å²) in [5.74, 6) is 0.0303. The van der Waals surface area contributed by atoms with E-state index in [0.717, 1.165) is 0 Å². The number of halogens is 2. The Morgan fingerprint density at radius 1 is 1.39 bits per heavy atom. The van der Waals surface area contributed by atoms with Crippen LogP contribution in [0.1, 0.15) is 20.8 Å². The number of hydrogen-bond donors (Lipinski definition) is 2. The number of carbonyl (C=O) groups is 1. The van der Waals surface area contributed by atoms with E-state index in [0.29, 0.717) is 22.6 Å². The van der Waals surface area contributed by atoms with Crippen LogP contribution in [0, 0.1) is 11.7 Å². The maximum absolute atomic E-state index is 13.1. The molecule has 18 heavy (non-hydrogen) atoms. The van der Waals surface area contributed by atoms with Crippen LogP contribution in [0.25, 0.3) is 0 Å². The molecule has 0 saturated heterocycles. The van der Waals surface area contributed by atoms with Gasteiger partial charge in [0.05, 0.1) is 4.47 Å². The molecular weight excluding hydrogens is 299 g/mol. The molecule has 0 aliphatic carbocycles. The number of nitrogens with one attached hydrogen (secondary N) is 2. The van der Waals surface area contributed by atoms with E-state index >= 15 is 0 Å². The van der Waals surface area contributed by atoms with Crippen LogP contribution in [-0.2, 0) is 4.79 Å². The Balaban J connectivity index is 2.55. The van der Waals surface area contributed by atoms with E-state index in [-0.39, 0.29) is 17.8 Å². The Kier molecular flexibility index (Phi) is 5.59. The predicted octanol–water partition coefficient (Wildman–Crippen LogP) is 3.16. The van der Waals surface area contributed by atoms with E-state index in [2.05, 4.69) is 26.6 Å². The predicted molar refractivity (Wildman–Crippen MR) is 75.0 cm³/mol. The van der Waals surface area contributed by atoms with Crippen molar-refractivity contribution in [2.45, 2.75) is 26.8 Å². The Morgan fingerprint density at radius 3 is 2.61 bits per heavy atom. The summed E-state index contributed by atoms with van der Waals surface area (Å²) in [6, 6.07) is 4.21. The minimum atomic E-state index is -0.360. The number of benzene rings is 1. The Bertz CT molecular complexity index is 423. The summed E-state index contributed by atoms with van der Waals surface area (Å²) >= 11 is 3.11. The molecule has 0 fully saturated rings. The van der Waals surface area contributed by atoms with Crippen molar-refractivity contribution in [1.29, 1.82) is 0 Å². The zero-order valence-electron chi connectivity index (χ0n) is 10.8. The Morgan fingerprint density at radius 2 is 2.06 bits per heavy atom. The highest BCUT2D eigenvalue weighted by atomic mass is 79.9. The topological polar surface area (TPSA) is 41.1 Å². The number of hydrogen-bond acceptors (Lipinski definition) is 2. The third kappa shape index (κ3) is 4.64. The van der Waals surface area contributed by atoms with Crippen molar-refractivity contribution in [2.24, 2.45) is 5.92 Å². The molecule has 0 heterocycles. The summed E-state index contributed by atoms with van der Waals surface area (Å²) in [7, 11) is 0. The third-order valence-electron chi connectivity index (χ3n) is 2.38. The van der Waals surface area contributed by atoms with E-state index < -0.39 is 0 Å². The molecule has 0 bridgehead atoms. The van der Waals surface area contributed by atoms with Gasteiger partial charge < -0.3 is 10.6 Å². The van der Waals surface area contributed by atoms with Gasteiger partial charge in [-0.3, -0.25) is 4.79 Å². The van der Waals surface area contributed by atoms with Gasteiger partial charge in [-0.15, -0.1) is 0 Å². The fraction of sp³-hybridized carbons (Fsp3) is 0.462. The van der Waals surface area contributed by atoms with Crippen LogP contribution in [0.5, 0.6) is 0 Å². The zero-order valence-corrected chi connectivity index (χ0v) is 12.3. The molecule has 3 nitrogen and oxygen atoms in total. The molecule has 1 rings (SSSR count). The lowest BCUT2D eigenvalue weighted by Gasteiger charge is -2.16. The fourth-order valence-electron chi connectivity index (χ4n) is 1.36. The highest BCUT2D eigenvalue weighted by Crippen LogP contribution is 2.20. The van der Waals surface area contributed by atoms with Crippen molar-refractivity contribution in [3.8, 4) is 0 Å². The lowest BCUT2D eigenvalue weighted by atomic mass is 10.2. The molecule has 0 saturated carbocycles. The Labute approximate surface area is 115 Å². The minimum absolute atomic E-state index is 0.0656. The van der Waals surface area contributed by atoms with Gasteiger partial charge in [-0.05, 0) is 47.0 Å². The molecule has 1 atom stereocenters. The van der Waals surface area contributed by atoms with Gasteiger partial charge in [0.1, 0.15) is 11.9 Å². The molecule has 2 N–H and O–H groups in total. The van der Waals surface area contributed by atoms with Gasteiger partial charge in [-0.25, -0.2) is 4.39 Å². The zero-order chi connectivity index (χ0) is 13.7. The average Bonchev–Trinajstić information content (AvgIpc) is 2.30. The molecule has 1 unspecified atom stereocenters. The van der Waals surface area contributed by atoms with Gasteiger partial charge in [0.25, 0.3) is 0 Å². The molecule has 5 heteroatoms. The number of rotatable bonds is 5. The van der Waals surface area contributed by atoms with Gasteiger partial charge in [0.2, 0.25) is 5.91 Å². The Hall–Kier alpha value is -1.10. The second kappa shape index (κ2) is 6.73. The monoisotopic (exact) mass is 316 g/mol. The molecule has 0 radical (unpaired) electrons. The van der Waals surface area contributed by atoms with Crippen LogP contribution >= 0.6 is 15.9 Å². The van der Waals surface area contributed by atoms with Crippen molar-refractivity contribution >= 4 is 27.5 Å². The molecule has 0 spiro atoms. The number of carbonyl (C=O) groups excluding carboxylic acids is 1. The largest absolute Gasteiger partial charge is 0.374 e. The van der Waals surface area contributed by atoms with Crippen LogP contribution in [0.15, 0.2) is 22.7 Å². The SMILES string of the molecule is CC(C)CNC(=O)C(C)Nc1ccc(F)c(Br)c1. The first-order valence-electron chi connectivity index (χ1n) is 5.89. The van der Waals surface area contributed by atoms with Crippen LogP contribution < -0.4 is 10.6 Å². The maximum Gasteiger partial charge on any atom is 0.242 e. The summed E-state index contributed by atoms with van der Waals surface area (Å²) in [6.45, 7) is 6.50. The molecule has 1 amide bonds. The van der Waals surface area contributed by atoms with E-state index in [1.807, 2.05) is 13.8 Å². The molecule has 0 aromatic heterocycles. The van der Waals surface area contributed by atoms with Crippen LogP contribution in [0.3, 0.4) is 0 Å². The molecule has 100 valence electrons. The second-order valence-electron chi connectivity index (χ2n) is 4.63. The molecule has 1 aromatic rings. The average molecular weight is 317 g/mol. The lowest BCUT2D eigenvalue weighted by Crippen LogP contribution is -2.39. The highest BCUT2D eigenvalue weighted by molar-refractivity contribution is 9.10. The van der Waals surface area contributed by atoms with Gasteiger partial charge in [0, 0.05) is 12.2 Å². The lowest BCUT2D eigenvalue weighted by molar-refractivity contribution is -0.121. The van der Waals surface area contributed by atoms with Crippen molar-refractivity contribution in [1.82, 2.24) is 5.32 Å². The van der Waals surface area contributed by atoms with Gasteiger partial charge in [-0.1, -0.05) is 13.8 Å². The van der Waals surface area contributed by atoms with E-state index in [1.54, 1.807) is 19.1 Å². The van der Waals surface area contributed by atoms with Crippen molar-refractivity contribution < 1.29 is 9.18 Å². The van der Waals surface area contributed by atoms with E-state index in [4.69, 9.17) is 0 Å². The summed E-state index contributed by atoms with van der Waals surface area (Å²) in [4.78, 5) is 11.7. The normalized spacial score (nSPS) is 12.3. The smallest absolute Gasteiger partial charge is 0.242 e. The summed E-state index contributed by atoms with van der Waals surface area (Å²) in [6.07, 6.45) is 0. The van der Waals surface area contributed by atoms with Crippen LogP contribution in [0.2, 0.25) is 0 Å². The summed E-state index contributed by atoms with van der Waals surface area (Å²) in [5, 5.41) is 5.87. The quantitative estimate of drug-likeness (QED) is 0.876. The molecule has 0 aliphatic rings. The summed E-state index contributed by atoms with van der Waals surface area (Å²) in [5.41, 5.74) is 0.704. The molecule has 0 aliphatic heterocycles. The van der Waals surface area contributed by atoms with Crippen molar-refractivity contribution in [3.63, 3.8) is 0 Å². The standard InChI is InChI=1S/C13H18BrFN2O/c1-8(2)7-16-13(18)9(3)17-10-4-5-12(15)11(14)6-10/h4-6,8-9,17H,7H2,1-3H3,(H,16,18). The van der Waals surface area contributed by atoms with Gasteiger partial charge in [0.15, 0.2) is 0 Å². The van der Waals surface area contributed by atoms with Gasteiger partial charge in [-0.2, -0.15) is 0 Å². The first-order chi connectivity index (χ1) is 8.40. The highest BCUT2D eigenvalue weighted by Gasteiger charge is 2.13. The first kappa shape index (κ1) is 15.0. The molecular formula is C13H18BrFN2O. The van der Waals surface area contributed by atoms with Crippen molar-refractivity contribution in [2.75, 3.05) is 11.9 Å². The molecule has 1 aromatic carbocycles. The first-order valence-corrected chi connectivity index (χ1v) is 6.68. The minimum Gasteiger partial charge on any atom is -0.374 e. The van der Waals surface area contributed by atoms with E-state index in [1.165, 1.54) is 6.07 Å². The van der Waals surface area contributed by atoms with Gasteiger partial charge >= 0.3 is 0 Å². The number of anilines is 1. The van der Waals surface area contributed by atoms with E-state index in [9.17, 15) is 9.18 Å². The third-order valence-corrected chi connectivity index (χ3v) is 2.99. The van der Waals surface area contributed by atoms with Crippen LogP contribution in [0.4, 0.5) is 10.1 Å². The fourth-order valence-corrected chi connectivity index (χ4v) is 1.74. The van der Waals surface area contributed by atoms with Crippen LogP contribution in [-0.4, -0.2) is 18.5 Å². The van der Waals surface area contributed by atoms with Crippen molar-refractivity contribution in [3.05, 3.63) is 28.5 Å². The summed E-state index contributed by atoms with van der Waals surface area (Å²) < 4.78 is 13.4.